The number of hydrogen-bond donors (Lipinski definition) is 1. The first kappa shape index (κ1) is 15.6. The van der Waals surface area contributed by atoms with E-state index in [1.54, 1.807) is 37.4 Å². The number of amides is 1. The molecule has 0 radical (unpaired) electrons. The van der Waals surface area contributed by atoms with Crippen LogP contribution in [-0.2, 0) is 0 Å². The van der Waals surface area contributed by atoms with E-state index in [4.69, 9.17) is 16.3 Å². The zero-order chi connectivity index (χ0) is 14.7. The summed E-state index contributed by atoms with van der Waals surface area (Å²) in [7, 11) is 1.57. The molecule has 0 unspecified atom stereocenters. The average molecular weight is 467 g/mol. The van der Waals surface area contributed by atoms with Crippen LogP contribution in [0.3, 0.4) is 0 Å². The van der Waals surface area contributed by atoms with Crippen LogP contribution in [0.1, 0.15) is 10.4 Å². The van der Waals surface area contributed by atoms with Gasteiger partial charge in [-0.25, -0.2) is 0 Å². The second-order valence-electron chi connectivity index (χ2n) is 3.93. The Morgan fingerprint density at radius 1 is 1.30 bits per heavy atom. The molecular formula is C14H10BrClINO2. The lowest BCUT2D eigenvalue weighted by molar-refractivity contribution is 0.102. The van der Waals surface area contributed by atoms with E-state index in [0.29, 0.717) is 22.0 Å². The minimum Gasteiger partial charge on any atom is -0.495 e. The standard InChI is InChI=1S/C14H10BrClINO2/c1-20-13-7-9(3-4-10(13)15)18-14(19)8-2-5-12(17)11(16)6-8/h2-7H,1H3,(H,18,19). The Bertz CT molecular complexity index is 664. The number of methoxy groups -OCH3 is 1. The normalized spacial score (nSPS) is 10.2. The molecule has 0 heterocycles. The zero-order valence-corrected chi connectivity index (χ0v) is 14.9. The number of anilines is 1. The molecule has 1 amide bonds. The maximum absolute atomic E-state index is 12.1. The van der Waals surface area contributed by atoms with Crippen LogP contribution in [0.25, 0.3) is 0 Å². The third-order valence-corrected chi connectivity index (χ3v) is 4.82. The smallest absolute Gasteiger partial charge is 0.255 e. The molecule has 0 aliphatic heterocycles. The van der Waals surface area contributed by atoms with Gasteiger partial charge in [0.05, 0.1) is 16.6 Å². The van der Waals surface area contributed by atoms with Crippen molar-refractivity contribution in [3.8, 4) is 5.75 Å². The van der Waals surface area contributed by atoms with Gasteiger partial charge in [-0.1, -0.05) is 11.6 Å². The summed E-state index contributed by atoms with van der Waals surface area (Å²) in [5.74, 6) is 0.441. The summed E-state index contributed by atoms with van der Waals surface area (Å²) < 4.78 is 6.92. The van der Waals surface area contributed by atoms with Gasteiger partial charge in [0.15, 0.2) is 0 Å². The van der Waals surface area contributed by atoms with Gasteiger partial charge in [-0.2, -0.15) is 0 Å². The molecule has 0 aliphatic rings. The van der Waals surface area contributed by atoms with E-state index in [1.165, 1.54) is 0 Å². The first-order valence-electron chi connectivity index (χ1n) is 5.61. The molecule has 3 nitrogen and oxygen atoms in total. The number of halogens is 3. The molecule has 0 saturated heterocycles. The Morgan fingerprint density at radius 3 is 2.70 bits per heavy atom. The summed E-state index contributed by atoms with van der Waals surface area (Å²) in [5, 5.41) is 3.37. The van der Waals surface area contributed by atoms with Crippen molar-refractivity contribution in [1.82, 2.24) is 0 Å². The largest absolute Gasteiger partial charge is 0.495 e. The summed E-state index contributed by atoms with van der Waals surface area (Å²) in [6.07, 6.45) is 0. The van der Waals surface area contributed by atoms with E-state index in [-0.39, 0.29) is 5.91 Å². The van der Waals surface area contributed by atoms with Gasteiger partial charge in [-0.15, -0.1) is 0 Å². The number of benzene rings is 2. The van der Waals surface area contributed by atoms with E-state index in [1.807, 2.05) is 6.07 Å². The molecule has 0 fully saturated rings. The predicted octanol–water partition coefficient (Wildman–Crippen LogP) is 4.97. The maximum atomic E-state index is 12.1. The Morgan fingerprint density at radius 2 is 2.05 bits per heavy atom. The van der Waals surface area contributed by atoms with Crippen molar-refractivity contribution in [3.05, 3.63) is 55.0 Å². The van der Waals surface area contributed by atoms with Crippen LogP contribution in [-0.4, -0.2) is 13.0 Å². The predicted molar refractivity (Wildman–Crippen MR) is 92.8 cm³/mol. The molecule has 0 spiro atoms. The van der Waals surface area contributed by atoms with E-state index < -0.39 is 0 Å². The van der Waals surface area contributed by atoms with Crippen molar-refractivity contribution in [2.45, 2.75) is 0 Å². The molecule has 0 aliphatic carbocycles. The molecule has 2 rings (SSSR count). The first-order chi connectivity index (χ1) is 9.51. The van der Waals surface area contributed by atoms with Crippen molar-refractivity contribution in [1.29, 1.82) is 0 Å². The molecular weight excluding hydrogens is 456 g/mol. The highest BCUT2D eigenvalue weighted by atomic mass is 127. The summed E-state index contributed by atoms with van der Waals surface area (Å²) in [5.41, 5.74) is 1.17. The summed E-state index contributed by atoms with van der Waals surface area (Å²) >= 11 is 11.5. The average Bonchev–Trinajstić information content (AvgIpc) is 2.43. The Kier molecular flexibility index (Phi) is 5.29. The minimum atomic E-state index is -0.215. The minimum absolute atomic E-state index is 0.215. The van der Waals surface area contributed by atoms with Gasteiger partial charge in [0.2, 0.25) is 0 Å². The topological polar surface area (TPSA) is 38.3 Å². The Hall–Kier alpha value is -0.790. The molecule has 6 heteroatoms. The van der Waals surface area contributed by atoms with Crippen LogP contribution in [0.5, 0.6) is 5.75 Å². The lowest BCUT2D eigenvalue weighted by Gasteiger charge is -2.09. The Balaban J connectivity index is 2.21. The van der Waals surface area contributed by atoms with E-state index in [2.05, 4.69) is 43.8 Å². The molecule has 0 saturated carbocycles. The SMILES string of the molecule is COc1cc(NC(=O)c2ccc(I)c(Cl)c2)ccc1Br. The van der Waals surface area contributed by atoms with E-state index in [0.717, 1.165) is 8.04 Å². The summed E-state index contributed by atoms with van der Waals surface area (Å²) in [4.78, 5) is 12.1. The molecule has 2 aromatic carbocycles. The van der Waals surface area contributed by atoms with Crippen LogP contribution in [0.15, 0.2) is 40.9 Å². The lowest BCUT2D eigenvalue weighted by atomic mass is 10.2. The Labute approximate surface area is 143 Å². The summed E-state index contributed by atoms with van der Waals surface area (Å²) in [6.45, 7) is 0. The van der Waals surface area contributed by atoms with Crippen LogP contribution in [0, 0.1) is 3.57 Å². The van der Waals surface area contributed by atoms with Crippen LogP contribution < -0.4 is 10.1 Å². The zero-order valence-electron chi connectivity index (χ0n) is 10.4. The van der Waals surface area contributed by atoms with Crippen molar-refractivity contribution < 1.29 is 9.53 Å². The number of carbonyl (C=O) groups is 1. The van der Waals surface area contributed by atoms with Crippen LogP contribution in [0.4, 0.5) is 5.69 Å². The highest BCUT2D eigenvalue weighted by Crippen LogP contribution is 2.28. The van der Waals surface area contributed by atoms with Crippen molar-refractivity contribution in [3.63, 3.8) is 0 Å². The van der Waals surface area contributed by atoms with Gasteiger partial charge in [0, 0.05) is 20.9 Å². The van der Waals surface area contributed by atoms with E-state index >= 15 is 0 Å². The number of ether oxygens (including phenoxy) is 1. The fourth-order valence-electron chi connectivity index (χ4n) is 1.58. The lowest BCUT2D eigenvalue weighted by Crippen LogP contribution is -2.12. The van der Waals surface area contributed by atoms with Gasteiger partial charge in [-0.3, -0.25) is 4.79 Å². The van der Waals surface area contributed by atoms with Gasteiger partial charge >= 0.3 is 0 Å². The second-order valence-corrected chi connectivity index (χ2v) is 6.36. The summed E-state index contributed by atoms with van der Waals surface area (Å²) in [6, 6.07) is 10.5. The van der Waals surface area contributed by atoms with Gasteiger partial charge < -0.3 is 10.1 Å². The number of rotatable bonds is 3. The van der Waals surface area contributed by atoms with Crippen LogP contribution >= 0.6 is 50.1 Å². The molecule has 1 N–H and O–H groups in total. The molecule has 20 heavy (non-hydrogen) atoms. The monoisotopic (exact) mass is 465 g/mol. The fourth-order valence-corrected chi connectivity index (χ4v) is 2.50. The second kappa shape index (κ2) is 6.78. The van der Waals surface area contributed by atoms with Gasteiger partial charge in [0.25, 0.3) is 5.91 Å². The molecule has 104 valence electrons. The molecule has 0 bridgehead atoms. The molecule has 2 aromatic rings. The van der Waals surface area contributed by atoms with E-state index in [9.17, 15) is 4.79 Å². The van der Waals surface area contributed by atoms with Crippen molar-refractivity contribution in [2.24, 2.45) is 0 Å². The third kappa shape index (κ3) is 3.65. The number of carbonyl (C=O) groups excluding carboxylic acids is 1. The van der Waals surface area contributed by atoms with Gasteiger partial charge in [0.1, 0.15) is 5.75 Å². The maximum Gasteiger partial charge on any atom is 0.255 e. The number of hydrogen-bond acceptors (Lipinski definition) is 2. The third-order valence-electron chi connectivity index (χ3n) is 2.59. The first-order valence-corrected chi connectivity index (χ1v) is 7.86. The molecule has 0 atom stereocenters. The highest BCUT2D eigenvalue weighted by Gasteiger charge is 2.09. The highest BCUT2D eigenvalue weighted by molar-refractivity contribution is 14.1. The quantitative estimate of drug-likeness (QED) is 0.649. The fraction of sp³-hybridized carbons (Fsp3) is 0.0714. The number of nitrogens with one attached hydrogen (secondary N) is 1. The van der Waals surface area contributed by atoms with Crippen molar-refractivity contribution >= 4 is 61.7 Å². The van der Waals surface area contributed by atoms with Crippen LogP contribution in [0.2, 0.25) is 5.02 Å². The molecule has 0 aromatic heterocycles. The van der Waals surface area contributed by atoms with Gasteiger partial charge in [-0.05, 0) is 68.9 Å². The van der Waals surface area contributed by atoms with Crippen molar-refractivity contribution in [2.75, 3.05) is 12.4 Å².